The van der Waals surface area contributed by atoms with Gasteiger partial charge in [-0.1, -0.05) is 18.2 Å². The first-order valence-electron chi connectivity index (χ1n) is 12.1. The predicted molar refractivity (Wildman–Crippen MR) is 148 cm³/mol. The molecule has 1 atom stereocenters. The van der Waals surface area contributed by atoms with Crippen LogP contribution in [-0.4, -0.2) is 30.1 Å². The standard InChI is InChI=1S/C30H30N2O6/c1-17-13-21-7-6-8-28(24(21)14-18(17)2)37-19(3)30(35)32-26-15-27(34)25(31-20(4)33)16-29(26)38-23-11-9-22(36-5)10-12-23/h6-16,19,34H,1-5H3,(H,31,33)(H,32,35). The molecule has 0 saturated carbocycles. The third-order valence-electron chi connectivity index (χ3n) is 6.08. The Hall–Kier alpha value is -4.72. The number of carbonyl (C=O) groups is 2. The van der Waals surface area contributed by atoms with Crippen molar-refractivity contribution in [3.8, 4) is 28.7 Å². The number of methoxy groups -OCH3 is 1. The van der Waals surface area contributed by atoms with Gasteiger partial charge in [0.05, 0.1) is 18.5 Å². The molecule has 3 N–H and O–H groups in total. The van der Waals surface area contributed by atoms with E-state index in [0.29, 0.717) is 17.2 Å². The van der Waals surface area contributed by atoms with Crippen molar-refractivity contribution >= 4 is 34.0 Å². The van der Waals surface area contributed by atoms with Crippen molar-refractivity contribution in [3.05, 3.63) is 77.9 Å². The van der Waals surface area contributed by atoms with E-state index in [2.05, 4.69) is 23.6 Å². The summed E-state index contributed by atoms with van der Waals surface area (Å²) in [6, 6.07) is 19.5. The predicted octanol–water partition coefficient (Wildman–Crippen LogP) is 6.33. The molecule has 8 heteroatoms. The number of phenols is 1. The number of anilines is 2. The van der Waals surface area contributed by atoms with Gasteiger partial charge in [0.2, 0.25) is 5.91 Å². The van der Waals surface area contributed by atoms with E-state index in [4.69, 9.17) is 14.2 Å². The molecule has 0 aliphatic rings. The number of fused-ring (bicyclic) bond motifs is 1. The molecule has 4 aromatic carbocycles. The highest BCUT2D eigenvalue weighted by molar-refractivity contribution is 5.98. The van der Waals surface area contributed by atoms with E-state index in [1.807, 2.05) is 31.2 Å². The van der Waals surface area contributed by atoms with Crippen LogP contribution in [0.2, 0.25) is 0 Å². The Labute approximate surface area is 221 Å². The smallest absolute Gasteiger partial charge is 0.265 e. The Morgan fingerprint density at radius 1 is 0.842 bits per heavy atom. The number of benzene rings is 4. The summed E-state index contributed by atoms with van der Waals surface area (Å²) in [6.07, 6.45) is -0.867. The minimum Gasteiger partial charge on any atom is -0.506 e. The Morgan fingerprint density at radius 2 is 1.53 bits per heavy atom. The van der Waals surface area contributed by atoms with Crippen LogP contribution in [0, 0.1) is 13.8 Å². The lowest BCUT2D eigenvalue weighted by Crippen LogP contribution is -2.30. The lowest BCUT2D eigenvalue weighted by Gasteiger charge is -2.19. The molecule has 0 fully saturated rings. The van der Waals surface area contributed by atoms with Gasteiger partial charge in [-0.3, -0.25) is 9.59 Å². The quantitative estimate of drug-likeness (QED) is 0.237. The highest BCUT2D eigenvalue weighted by atomic mass is 16.5. The fourth-order valence-corrected chi connectivity index (χ4v) is 3.91. The number of phenolic OH excluding ortho intramolecular Hbond substituents is 1. The highest BCUT2D eigenvalue weighted by Gasteiger charge is 2.20. The van der Waals surface area contributed by atoms with Crippen LogP contribution in [-0.2, 0) is 9.59 Å². The average molecular weight is 515 g/mol. The number of hydrogen-bond acceptors (Lipinski definition) is 6. The zero-order chi connectivity index (χ0) is 27.4. The monoisotopic (exact) mass is 514 g/mol. The van der Waals surface area contributed by atoms with Crippen LogP contribution in [0.15, 0.2) is 66.7 Å². The van der Waals surface area contributed by atoms with E-state index in [9.17, 15) is 14.7 Å². The molecule has 1 unspecified atom stereocenters. The van der Waals surface area contributed by atoms with E-state index >= 15 is 0 Å². The van der Waals surface area contributed by atoms with Gasteiger partial charge in [-0.05, 0) is 73.7 Å². The number of hydrogen-bond donors (Lipinski definition) is 3. The molecule has 0 spiro atoms. The lowest BCUT2D eigenvalue weighted by atomic mass is 10.0. The minimum absolute atomic E-state index is 0.143. The molecule has 0 heterocycles. The van der Waals surface area contributed by atoms with Crippen molar-refractivity contribution in [2.75, 3.05) is 17.7 Å². The van der Waals surface area contributed by atoms with Crippen LogP contribution in [0.1, 0.15) is 25.0 Å². The third kappa shape index (κ3) is 5.98. The third-order valence-corrected chi connectivity index (χ3v) is 6.08. The van der Waals surface area contributed by atoms with Crippen LogP contribution in [0.5, 0.6) is 28.7 Å². The van der Waals surface area contributed by atoms with Gasteiger partial charge in [0.1, 0.15) is 23.0 Å². The number of rotatable bonds is 8. The molecule has 4 aromatic rings. The first-order valence-corrected chi connectivity index (χ1v) is 12.1. The maximum absolute atomic E-state index is 13.2. The van der Waals surface area contributed by atoms with Gasteiger partial charge in [-0.15, -0.1) is 0 Å². The number of aryl methyl sites for hydroxylation is 2. The molecule has 2 amide bonds. The second-order valence-electron chi connectivity index (χ2n) is 8.99. The van der Waals surface area contributed by atoms with Crippen molar-refractivity contribution in [1.29, 1.82) is 0 Å². The minimum atomic E-state index is -0.867. The molecule has 38 heavy (non-hydrogen) atoms. The van der Waals surface area contributed by atoms with Crippen LogP contribution >= 0.6 is 0 Å². The normalized spacial score (nSPS) is 11.5. The molecule has 0 bridgehead atoms. The van der Waals surface area contributed by atoms with Crippen LogP contribution in [0.4, 0.5) is 11.4 Å². The van der Waals surface area contributed by atoms with E-state index in [0.717, 1.165) is 16.3 Å². The van der Waals surface area contributed by atoms with Gasteiger partial charge in [0.15, 0.2) is 11.9 Å². The number of aromatic hydroxyl groups is 1. The second-order valence-corrected chi connectivity index (χ2v) is 8.99. The highest BCUT2D eigenvalue weighted by Crippen LogP contribution is 2.39. The first-order chi connectivity index (χ1) is 18.1. The maximum atomic E-state index is 13.2. The first kappa shape index (κ1) is 26.3. The van der Waals surface area contributed by atoms with Gasteiger partial charge in [-0.25, -0.2) is 0 Å². The molecule has 8 nitrogen and oxygen atoms in total. The van der Waals surface area contributed by atoms with Crippen molar-refractivity contribution in [2.45, 2.75) is 33.8 Å². The molecular weight excluding hydrogens is 484 g/mol. The van der Waals surface area contributed by atoms with Gasteiger partial charge in [0.25, 0.3) is 5.91 Å². The molecule has 196 valence electrons. The van der Waals surface area contributed by atoms with Crippen molar-refractivity contribution < 1.29 is 28.9 Å². The van der Waals surface area contributed by atoms with E-state index in [1.165, 1.54) is 24.6 Å². The van der Waals surface area contributed by atoms with Crippen LogP contribution in [0.25, 0.3) is 10.8 Å². The summed E-state index contributed by atoms with van der Waals surface area (Å²) in [5.74, 6) is 0.880. The SMILES string of the molecule is COc1ccc(Oc2cc(NC(C)=O)c(O)cc2NC(=O)C(C)Oc2cccc3cc(C)c(C)cc23)cc1. The fourth-order valence-electron chi connectivity index (χ4n) is 3.91. The Bertz CT molecular complexity index is 1500. The van der Waals surface area contributed by atoms with E-state index in [-0.39, 0.29) is 28.8 Å². The zero-order valence-electron chi connectivity index (χ0n) is 21.9. The maximum Gasteiger partial charge on any atom is 0.265 e. The number of amides is 2. The summed E-state index contributed by atoms with van der Waals surface area (Å²) < 4.78 is 17.2. The summed E-state index contributed by atoms with van der Waals surface area (Å²) in [5.41, 5.74) is 2.65. The van der Waals surface area contributed by atoms with E-state index in [1.54, 1.807) is 38.3 Å². The van der Waals surface area contributed by atoms with Crippen molar-refractivity contribution in [3.63, 3.8) is 0 Å². The number of carbonyl (C=O) groups excluding carboxylic acids is 2. The van der Waals surface area contributed by atoms with Crippen molar-refractivity contribution in [1.82, 2.24) is 0 Å². The average Bonchev–Trinajstić information content (AvgIpc) is 2.88. The molecule has 0 radical (unpaired) electrons. The largest absolute Gasteiger partial charge is 0.506 e. The Balaban J connectivity index is 1.60. The van der Waals surface area contributed by atoms with Gasteiger partial charge in [-0.2, -0.15) is 0 Å². The summed E-state index contributed by atoms with van der Waals surface area (Å²) in [4.78, 5) is 24.8. The van der Waals surface area contributed by atoms with Gasteiger partial charge in [0, 0.05) is 24.4 Å². The zero-order valence-corrected chi connectivity index (χ0v) is 21.9. The van der Waals surface area contributed by atoms with Crippen molar-refractivity contribution in [2.24, 2.45) is 0 Å². The molecule has 0 aliphatic heterocycles. The Morgan fingerprint density at radius 3 is 2.21 bits per heavy atom. The molecule has 0 aliphatic carbocycles. The number of nitrogens with one attached hydrogen (secondary N) is 2. The second kappa shape index (κ2) is 11.1. The summed E-state index contributed by atoms with van der Waals surface area (Å²) >= 11 is 0. The van der Waals surface area contributed by atoms with E-state index < -0.39 is 12.0 Å². The lowest BCUT2D eigenvalue weighted by molar-refractivity contribution is -0.122. The number of ether oxygens (including phenoxy) is 3. The van der Waals surface area contributed by atoms with Gasteiger partial charge >= 0.3 is 0 Å². The Kier molecular flexibility index (Phi) is 7.71. The van der Waals surface area contributed by atoms with Crippen LogP contribution in [0.3, 0.4) is 0 Å². The molecule has 0 aromatic heterocycles. The summed E-state index contributed by atoms with van der Waals surface area (Å²) in [6.45, 7) is 7.05. The summed E-state index contributed by atoms with van der Waals surface area (Å²) in [5, 5.41) is 17.7. The summed E-state index contributed by atoms with van der Waals surface area (Å²) in [7, 11) is 1.56. The van der Waals surface area contributed by atoms with Crippen LogP contribution < -0.4 is 24.8 Å². The molecule has 4 rings (SSSR count). The molecule has 0 saturated heterocycles. The molecular formula is C30H30N2O6. The fraction of sp³-hybridized carbons (Fsp3) is 0.200. The topological polar surface area (TPSA) is 106 Å². The van der Waals surface area contributed by atoms with Gasteiger partial charge < -0.3 is 30.0 Å².